The minimum Gasteiger partial charge on any atom is -0.488 e. The third-order valence-corrected chi connectivity index (χ3v) is 4.44. The SMILES string of the molecule is N#C/N=C1\OB2OCC1(CC1C3CC31)/C(=N/C#N)O2. The summed E-state index contributed by atoms with van der Waals surface area (Å²) < 4.78 is 16.1. The summed E-state index contributed by atoms with van der Waals surface area (Å²) in [5.74, 6) is 2.69. The molecule has 5 rings (SSSR count). The maximum atomic E-state index is 8.78. The molecule has 94 valence electrons. The lowest BCUT2D eigenvalue weighted by molar-refractivity contribution is 0.0621. The van der Waals surface area contributed by atoms with E-state index in [1.54, 1.807) is 12.4 Å². The summed E-state index contributed by atoms with van der Waals surface area (Å²) in [7, 11) is -0.949. The molecule has 8 heteroatoms. The molecule has 0 amide bonds. The average Bonchev–Trinajstić information content (AvgIpc) is 3.29. The Morgan fingerprint density at radius 1 is 1.21 bits per heavy atom. The van der Waals surface area contributed by atoms with Gasteiger partial charge in [-0.25, -0.2) is 0 Å². The Labute approximate surface area is 109 Å². The fraction of sp³-hybridized carbons (Fsp3) is 0.636. The molecule has 0 N–H and O–H groups in total. The van der Waals surface area contributed by atoms with Crippen molar-refractivity contribution in [3.8, 4) is 12.4 Å². The van der Waals surface area contributed by atoms with Gasteiger partial charge in [-0.05, 0) is 30.6 Å². The molecule has 2 atom stereocenters. The van der Waals surface area contributed by atoms with E-state index < -0.39 is 12.7 Å². The van der Waals surface area contributed by atoms with E-state index >= 15 is 0 Å². The molecule has 3 heterocycles. The Morgan fingerprint density at radius 3 is 2.32 bits per heavy atom. The topological polar surface area (TPSA) is 100.0 Å². The highest BCUT2D eigenvalue weighted by atomic mass is 16.8. The highest BCUT2D eigenvalue weighted by Gasteiger charge is 2.69. The fourth-order valence-corrected chi connectivity index (χ4v) is 3.14. The lowest BCUT2D eigenvalue weighted by Crippen LogP contribution is -2.61. The van der Waals surface area contributed by atoms with Gasteiger partial charge in [-0.15, -0.1) is 9.98 Å². The molecule has 0 aromatic rings. The van der Waals surface area contributed by atoms with Crippen LogP contribution in [-0.4, -0.2) is 25.7 Å². The van der Waals surface area contributed by atoms with Crippen LogP contribution in [0.25, 0.3) is 0 Å². The largest absolute Gasteiger partial charge is 0.789 e. The van der Waals surface area contributed by atoms with E-state index in [1.807, 2.05) is 0 Å². The number of aliphatic imine (C=N–C) groups is 2. The summed E-state index contributed by atoms with van der Waals surface area (Å²) in [6, 6.07) is 0. The average molecular weight is 256 g/mol. The van der Waals surface area contributed by atoms with Gasteiger partial charge in [0.25, 0.3) is 0 Å². The Balaban J connectivity index is 1.73. The Hall–Kier alpha value is -2.06. The number of rotatable bonds is 2. The van der Waals surface area contributed by atoms with Crippen molar-refractivity contribution >= 4 is 19.1 Å². The number of fused-ring (bicyclic) bond motifs is 4. The van der Waals surface area contributed by atoms with Crippen LogP contribution in [0.3, 0.4) is 0 Å². The fourth-order valence-electron chi connectivity index (χ4n) is 3.14. The van der Waals surface area contributed by atoms with E-state index in [2.05, 4.69) is 9.98 Å². The van der Waals surface area contributed by atoms with E-state index in [4.69, 9.17) is 24.5 Å². The lowest BCUT2D eigenvalue weighted by Gasteiger charge is -2.44. The maximum Gasteiger partial charge on any atom is 0.789 e. The molecule has 2 bridgehead atoms. The highest BCUT2D eigenvalue weighted by Crippen LogP contribution is 2.71. The summed E-state index contributed by atoms with van der Waals surface area (Å²) in [6.07, 6.45) is 5.48. The van der Waals surface area contributed by atoms with Crippen molar-refractivity contribution in [3.63, 3.8) is 0 Å². The van der Waals surface area contributed by atoms with Gasteiger partial charge in [0.1, 0.15) is 5.41 Å². The summed E-state index contributed by atoms with van der Waals surface area (Å²) in [6.45, 7) is 0.300. The first-order chi connectivity index (χ1) is 9.28. The summed E-state index contributed by atoms with van der Waals surface area (Å²) >= 11 is 0. The van der Waals surface area contributed by atoms with Crippen molar-refractivity contribution in [2.75, 3.05) is 6.61 Å². The minimum absolute atomic E-state index is 0.276. The monoisotopic (exact) mass is 256 g/mol. The third-order valence-electron chi connectivity index (χ3n) is 4.44. The van der Waals surface area contributed by atoms with Crippen molar-refractivity contribution in [1.82, 2.24) is 0 Å². The van der Waals surface area contributed by atoms with Gasteiger partial charge >= 0.3 is 7.32 Å². The van der Waals surface area contributed by atoms with Gasteiger partial charge in [0.2, 0.25) is 24.2 Å². The van der Waals surface area contributed by atoms with Crippen LogP contribution in [0.4, 0.5) is 0 Å². The second-order valence-corrected chi connectivity index (χ2v) is 5.38. The van der Waals surface area contributed by atoms with Crippen LogP contribution in [0.1, 0.15) is 12.8 Å². The van der Waals surface area contributed by atoms with Crippen LogP contribution in [0.5, 0.6) is 0 Å². The Bertz CT molecular complexity index is 548. The molecule has 5 fully saturated rings. The molecule has 2 unspecified atom stereocenters. The first kappa shape index (κ1) is 10.8. The third kappa shape index (κ3) is 1.41. The minimum atomic E-state index is -0.949. The number of nitriles is 2. The molecule has 0 aromatic carbocycles. The molecule has 2 saturated carbocycles. The van der Waals surface area contributed by atoms with E-state index in [0.29, 0.717) is 12.5 Å². The highest BCUT2D eigenvalue weighted by molar-refractivity contribution is 6.47. The van der Waals surface area contributed by atoms with E-state index in [-0.39, 0.29) is 11.8 Å². The van der Waals surface area contributed by atoms with Crippen LogP contribution >= 0.6 is 0 Å². The van der Waals surface area contributed by atoms with Crippen molar-refractivity contribution in [2.24, 2.45) is 33.2 Å². The first-order valence-electron chi connectivity index (χ1n) is 6.18. The molecule has 3 aliphatic heterocycles. The zero-order chi connectivity index (χ0) is 13.0. The maximum absolute atomic E-state index is 8.78. The zero-order valence-electron chi connectivity index (χ0n) is 9.94. The molecule has 19 heavy (non-hydrogen) atoms. The van der Waals surface area contributed by atoms with Gasteiger partial charge in [-0.1, -0.05) is 0 Å². The van der Waals surface area contributed by atoms with Crippen molar-refractivity contribution < 1.29 is 14.0 Å². The number of nitrogens with zero attached hydrogens (tertiary/aromatic N) is 4. The molecule has 2 aliphatic carbocycles. The van der Waals surface area contributed by atoms with Crippen LogP contribution in [0, 0.1) is 46.1 Å². The summed E-state index contributed by atoms with van der Waals surface area (Å²) in [5, 5.41) is 17.6. The number of hydrogen-bond acceptors (Lipinski definition) is 7. The standard InChI is InChI=1S/C11H9BN4O3/c13-4-15-9-11(2-8-6-1-7(6)8)3-17-12(18-9)19-10(11)16-5-14/h6-8H,1-3H2/b15-9-,16-10-. The lowest BCUT2D eigenvalue weighted by atomic mass is 9.76. The molecule has 0 spiro atoms. The molecule has 5 aliphatic rings. The number of hydrogen-bond donors (Lipinski definition) is 0. The van der Waals surface area contributed by atoms with E-state index in [0.717, 1.165) is 18.3 Å². The summed E-state index contributed by atoms with van der Waals surface area (Å²) in [5.41, 5.74) is -0.793. The Kier molecular flexibility index (Phi) is 1.99. The smallest absolute Gasteiger partial charge is 0.488 e. The second kappa shape index (κ2) is 3.49. The van der Waals surface area contributed by atoms with Crippen molar-refractivity contribution in [2.45, 2.75) is 12.8 Å². The van der Waals surface area contributed by atoms with E-state index in [9.17, 15) is 0 Å². The van der Waals surface area contributed by atoms with Gasteiger partial charge in [0.05, 0.1) is 6.61 Å². The van der Waals surface area contributed by atoms with Crippen LogP contribution < -0.4 is 0 Å². The van der Waals surface area contributed by atoms with Gasteiger partial charge in [0.15, 0.2) is 0 Å². The molecule has 0 aromatic heterocycles. The first-order valence-corrected chi connectivity index (χ1v) is 6.18. The van der Waals surface area contributed by atoms with E-state index in [1.165, 1.54) is 6.42 Å². The molecular weight excluding hydrogens is 247 g/mol. The predicted molar refractivity (Wildman–Crippen MR) is 62.1 cm³/mol. The predicted octanol–water partition coefficient (Wildman–Crippen LogP) is 0.450. The van der Waals surface area contributed by atoms with Crippen LogP contribution in [-0.2, 0) is 14.0 Å². The summed E-state index contributed by atoms with van der Waals surface area (Å²) in [4.78, 5) is 7.48. The van der Waals surface area contributed by atoms with Crippen molar-refractivity contribution in [1.29, 1.82) is 10.5 Å². The molecule has 3 saturated heterocycles. The normalized spacial score (nSPS) is 44.9. The molecular formula is C11H9BN4O3. The quantitative estimate of drug-likeness (QED) is 0.527. The Morgan fingerprint density at radius 2 is 1.84 bits per heavy atom. The van der Waals surface area contributed by atoms with Crippen molar-refractivity contribution in [3.05, 3.63) is 0 Å². The second-order valence-electron chi connectivity index (χ2n) is 5.38. The van der Waals surface area contributed by atoms with Crippen LogP contribution in [0.15, 0.2) is 9.98 Å². The molecule has 7 nitrogen and oxygen atoms in total. The van der Waals surface area contributed by atoms with Gasteiger partial charge in [-0.2, -0.15) is 10.5 Å². The zero-order valence-corrected chi connectivity index (χ0v) is 9.94. The van der Waals surface area contributed by atoms with Gasteiger partial charge < -0.3 is 14.0 Å². The van der Waals surface area contributed by atoms with Gasteiger partial charge in [0, 0.05) is 0 Å². The molecule has 0 radical (unpaired) electrons. The van der Waals surface area contributed by atoms with Gasteiger partial charge in [-0.3, -0.25) is 0 Å². The van der Waals surface area contributed by atoms with Crippen LogP contribution in [0.2, 0.25) is 0 Å².